The van der Waals surface area contributed by atoms with Crippen molar-refractivity contribution < 1.29 is 28.5 Å². The van der Waals surface area contributed by atoms with Crippen LogP contribution in [0.4, 0.5) is 0 Å². The van der Waals surface area contributed by atoms with Crippen molar-refractivity contribution in [3.8, 4) is 42.5 Å². The zero-order chi connectivity index (χ0) is 63.5. The van der Waals surface area contributed by atoms with Gasteiger partial charge in [-0.05, 0) is 162 Å². The summed E-state index contributed by atoms with van der Waals surface area (Å²) in [7, 11) is 0. The van der Waals surface area contributed by atoms with Gasteiger partial charge in [0.15, 0.2) is 0 Å². The number of carbonyl (C=O) groups excluding carboxylic acids is 2. The summed E-state index contributed by atoms with van der Waals surface area (Å²) >= 11 is 9.34. The van der Waals surface area contributed by atoms with Gasteiger partial charge < -0.3 is 18.9 Å². The molecule has 0 bridgehead atoms. The third-order valence-corrected chi connectivity index (χ3v) is 25.9. The smallest absolute Gasteiger partial charge is 0.142 e. The maximum Gasteiger partial charge on any atom is 0.142 e. The van der Waals surface area contributed by atoms with Crippen molar-refractivity contribution in [2.24, 2.45) is 23.7 Å². The Morgan fingerprint density at radius 1 is 0.374 bits per heavy atom. The molecule has 4 unspecified atom stereocenters. The summed E-state index contributed by atoms with van der Waals surface area (Å²) in [5.41, 5.74) is 8.31. The number of fused-ring (bicyclic) bond motifs is 11. The van der Waals surface area contributed by atoms with E-state index in [2.05, 4.69) is 165 Å². The highest BCUT2D eigenvalue weighted by Gasteiger charge is 2.56. The van der Waals surface area contributed by atoms with Crippen molar-refractivity contribution in [2.75, 3.05) is 26.4 Å². The second-order valence-electron chi connectivity index (χ2n) is 25.3. The fourth-order valence-electron chi connectivity index (χ4n) is 14.1. The minimum absolute atomic E-state index is 0.500. The maximum atomic E-state index is 12.1. The molecule has 0 saturated carbocycles. The Morgan fingerprint density at radius 2 is 0.703 bits per heavy atom. The molecule has 9 aromatic rings. The number of ether oxygens (including phenoxy) is 4. The Labute approximate surface area is 561 Å². The van der Waals surface area contributed by atoms with Crippen LogP contribution in [0.15, 0.2) is 121 Å². The normalized spacial score (nSPS) is 17.1. The van der Waals surface area contributed by atoms with Crippen molar-refractivity contribution >= 4 is 100 Å². The molecule has 11 rings (SSSR count). The standard InChI is InChI=1S/C80H92O6S5/c1-9-17-23-53(13-5)49-83-61-37-29-57(30-38-61)79(58-31-39-62(40-32-58)84-50-54(14-6)24-18-10-2)67-47-65(27-21-45-81)87-72(67)74-70(79)76-78(90-74)71-77(91-76)75-69(73-68(89-75)48-66(88-73)28-22-46-82)80(71,59-33-41-63(42-34-59)85-51-55(15-7)25-19-11-3)60-35-43-64(44-36-60)86-52-56(16-8)26-20-12-4/h21-22,27-48,53-56H,9-20,23-26,49-52H2,1-8H3/b27-21+,28-22+. The van der Waals surface area contributed by atoms with Crippen LogP contribution in [-0.2, 0) is 20.4 Å². The quantitative estimate of drug-likeness (QED) is 0.0288. The van der Waals surface area contributed by atoms with E-state index in [1.807, 2.05) is 46.2 Å². The predicted molar refractivity (Wildman–Crippen MR) is 391 cm³/mol. The molecule has 5 aromatic heterocycles. The highest BCUT2D eigenvalue weighted by Crippen LogP contribution is 2.71. The van der Waals surface area contributed by atoms with Gasteiger partial charge in [-0.3, -0.25) is 9.59 Å². The predicted octanol–water partition coefficient (Wildman–Crippen LogP) is 23.8. The van der Waals surface area contributed by atoms with Gasteiger partial charge in [0.05, 0.1) is 70.9 Å². The number of carbonyl (C=O) groups is 2. The summed E-state index contributed by atoms with van der Waals surface area (Å²) in [5.74, 6) is 5.53. The third kappa shape index (κ3) is 13.3. The van der Waals surface area contributed by atoms with Crippen LogP contribution in [0.5, 0.6) is 23.0 Å². The van der Waals surface area contributed by atoms with E-state index in [0.717, 1.165) is 96.7 Å². The number of thiophene rings is 5. The van der Waals surface area contributed by atoms with E-state index in [-0.39, 0.29) is 0 Å². The highest BCUT2D eigenvalue weighted by molar-refractivity contribution is 7.36. The lowest BCUT2D eigenvalue weighted by molar-refractivity contribution is -0.104. The number of unbranched alkanes of at least 4 members (excludes halogenated alkanes) is 4. The molecule has 2 aliphatic rings. The van der Waals surface area contributed by atoms with Gasteiger partial charge in [-0.2, -0.15) is 0 Å². The fourth-order valence-corrected chi connectivity index (χ4v) is 21.3. The highest BCUT2D eigenvalue weighted by atomic mass is 32.1. The van der Waals surface area contributed by atoms with Gasteiger partial charge in [0.1, 0.15) is 35.6 Å². The number of aldehydes is 2. The van der Waals surface area contributed by atoms with Gasteiger partial charge in [0, 0.05) is 31.1 Å². The van der Waals surface area contributed by atoms with Gasteiger partial charge in [-0.15, -0.1) is 56.7 Å². The first-order valence-corrected chi connectivity index (χ1v) is 38.2. The Morgan fingerprint density at radius 3 is 1.07 bits per heavy atom. The van der Waals surface area contributed by atoms with Crippen LogP contribution in [0, 0.1) is 23.7 Å². The molecule has 91 heavy (non-hydrogen) atoms. The molecule has 0 radical (unpaired) electrons. The van der Waals surface area contributed by atoms with Crippen LogP contribution in [0.3, 0.4) is 0 Å². The molecule has 2 aliphatic carbocycles. The van der Waals surface area contributed by atoms with E-state index in [0.29, 0.717) is 50.1 Å². The van der Waals surface area contributed by atoms with E-state index in [1.54, 1.807) is 34.8 Å². The number of allylic oxidation sites excluding steroid dienone is 2. The van der Waals surface area contributed by atoms with E-state index in [9.17, 15) is 9.59 Å². The van der Waals surface area contributed by atoms with Crippen molar-refractivity contribution in [2.45, 2.75) is 169 Å². The van der Waals surface area contributed by atoms with Crippen LogP contribution in [0.1, 0.15) is 212 Å². The first-order valence-electron chi connectivity index (χ1n) is 34.1. The Hall–Kier alpha value is -6.08. The molecule has 6 nitrogen and oxygen atoms in total. The lowest BCUT2D eigenvalue weighted by atomic mass is 9.67. The maximum absolute atomic E-state index is 12.1. The lowest BCUT2D eigenvalue weighted by Crippen LogP contribution is -2.29. The Bertz CT molecular complexity index is 3780. The molecular formula is C80H92O6S5. The van der Waals surface area contributed by atoms with Crippen molar-refractivity contribution in [3.05, 3.63) is 176 Å². The first-order chi connectivity index (χ1) is 44.6. The summed E-state index contributed by atoms with van der Waals surface area (Å²) < 4.78 is 31.9. The van der Waals surface area contributed by atoms with Crippen molar-refractivity contribution in [3.63, 3.8) is 0 Å². The van der Waals surface area contributed by atoms with E-state index < -0.39 is 10.8 Å². The minimum atomic E-state index is -0.773. The van der Waals surface area contributed by atoms with Crippen LogP contribution in [0.25, 0.3) is 50.5 Å². The number of rotatable bonds is 36. The molecule has 0 aliphatic heterocycles. The SMILES string of the molecule is CCCCC(CC)COc1ccc(C2(c3ccc(OCC(CC)CCCC)cc3)c3cc(/C=C/C=O)sc3-c3sc4c5c(sc4c32)-c2sc3cc(/C=C/C=O)sc3c2C5(c2ccc(OCC(CC)CCCC)cc2)c2ccc(OCC(CC)CCCC)cc2)cc1. The molecule has 4 atom stereocenters. The molecule has 0 spiro atoms. The lowest BCUT2D eigenvalue weighted by Gasteiger charge is -2.34. The van der Waals surface area contributed by atoms with Crippen LogP contribution in [-0.4, -0.2) is 39.0 Å². The summed E-state index contributed by atoms with van der Waals surface area (Å²) in [5, 5.41) is 0. The molecule has 0 saturated heterocycles. The molecule has 0 fully saturated rings. The second-order valence-corrected chi connectivity index (χ2v) is 30.6. The van der Waals surface area contributed by atoms with E-state index >= 15 is 0 Å². The van der Waals surface area contributed by atoms with Crippen molar-refractivity contribution in [1.82, 2.24) is 0 Å². The van der Waals surface area contributed by atoms with E-state index in [1.165, 1.54) is 134 Å². The van der Waals surface area contributed by atoms with Crippen molar-refractivity contribution in [1.29, 1.82) is 0 Å². The third-order valence-electron chi connectivity index (χ3n) is 19.5. The molecule has 4 aromatic carbocycles. The van der Waals surface area contributed by atoms with Crippen LogP contribution in [0.2, 0.25) is 0 Å². The average Bonchev–Trinajstić information content (AvgIpc) is 1.49. The summed E-state index contributed by atoms with van der Waals surface area (Å²) in [6, 6.07) is 41.0. The minimum Gasteiger partial charge on any atom is -0.493 e. The molecule has 478 valence electrons. The zero-order valence-electron chi connectivity index (χ0n) is 54.8. The number of hydrogen-bond acceptors (Lipinski definition) is 11. The van der Waals surface area contributed by atoms with Gasteiger partial charge in [0.2, 0.25) is 0 Å². The molecular weight excluding hydrogens is 1220 g/mol. The van der Waals surface area contributed by atoms with Gasteiger partial charge in [-0.25, -0.2) is 0 Å². The largest absolute Gasteiger partial charge is 0.493 e. The van der Waals surface area contributed by atoms with Gasteiger partial charge >= 0.3 is 0 Å². The first kappa shape index (κ1) is 66.4. The van der Waals surface area contributed by atoms with Gasteiger partial charge in [-0.1, -0.05) is 181 Å². The summed E-state index contributed by atoms with van der Waals surface area (Å²) in [6.45, 7) is 21.0. The monoisotopic (exact) mass is 1310 g/mol. The van der Waals surface area contributed by atoms with Crippen LogP contribution >= 0.6 is 56.7 Å². The summed E-state index contributed by atoms with van der Waals surface area (Å²) in [4.78, 5) is 31.2. The molecule has 5 heterocycles. The zero-order valence-corrected chi connectivity index (χ0v) is 58.9. The Balaban J connectivity index is 1.16. The summed E-state index contributed by atoms with van der Waals surface area (Å²) in [6.07, 6.45) is 27.5. The molecule has 11 heteroatoms. The fraction of sp³-hybridized carbons (Fsp3) is 0.425. The van der Waals surface area contributed by atoms with Gasteiger partial charge in [0.25, 0.3) is 0 Å². The second kappa shape index (κ2) is 30.8. The van der Waals surface area contributed by atoms with Crippen LogP contribution < -0.4 is 18.9 Å². The number of hydrogen-bond donors (Lipinski definition) is 0. The average molecular weight is 1310 g/mol. The van der Waals surface area contributed by atoms with E-state index in [4.69, 9.17) is 18.9 Å². The molecule has 0 amide bonds. The molecule has 0 N–H and O–H groups in total. The number of benzene rings is 4. The Kier molecular flexibility index (Phi) is 22.5. The topological polar surface area (TPSA) is 71.1 Å².